The Labute approximate surface area is 224 Å². The van der Waals surface area contributed by atoms with Gasteiger partial charge < -0.3 is 5.11 Å². The number of piperidine rings is 1. The van der Waals surface area contributed by atoms with Crippen molar-refractivity contribution in [3.63, 3.8) is 0 Å². The lowest BCUT2D eigenvalue weighted by Gasteiger charge is -2.43. The third-order valence-corrected chi connectivity index (χ3v) is 9.47. The third-order valence-electron chi connectivity index (χ3n) is 6.99. The van der Waals surface area contributed by atoms with Gasteiger partial charge in [0.2, 0.25) is 10.0 Å². The minimum Gasteiger partial charge on any atom is -0.385 e. The Morgan fingerprint density at radius 2 is 1.39 bits per heavy atom. The van der Waals surface area contributed by atoms with E-state index in [1.165, 1.54) is 0 Å². The monoisotopic (exact) mass is 546 g/mol. The van der Waals surface area contributed by atoms with Crippen LogP contribution in [0.15, 0.2) is 72.8 Å². The topological polar surface area (TPSA) is 69.6 Å². The summed E-state index contributed by atoms with van der Waals surface area (Å²) in [7, 11) is -3.42. The lowest BCUT2D eigenvalue weighted by atomic mass is 9.81. The van der Waals surface area contributed by atoms with Gasteiger partial charge >= 0.3 is 0 Å². The van der Waals surface area contributed by atoms with Crippen molar-refractivity contribution in [3.8, 4) is 0 Å². The van der Waals surface area contributed by atoms with E-state index in [1.54, 1.807) is 13.8 Å². The predicted octanol–water partition coefficient (Wildman–Crippen LogP) is 5.89. The number of likely N-dealkylation sites (tertiary alicyclic amines) is 1. The van der Waals surface area contributed by atoms with Crippen molar-refractivity contribution in [2.45, 2.75) is 50.1 Å². The van der Waals surface area contributed by atoms with E-state index in [-0.39, 0.29) is 12.6 Å². The number of aliphatic hydroxyl groups is 1. The van der Waals surface area contributed by atoms with E-state index in [1.807, 2.05) is 72.8 Å². The maximum Gasteiger partial charge on any atom is 0.214 e. The van der Waals surface area contributed by atoms with Crippen LogP contribution in [0.3, 0.4) is 0 Å². The summed E-state index contributed by atoms with van der Waals surface area (Å²) >= 11 is 13.3. The molecule has 0 amide bonds. The smallest absolute Gasteiger partial charge is 0.214 e. The van der Waals surface area contributed by atoms with E-state index < -0.39 is 20.9 Å². The molecule has 0 aromatic heterocycles. The molecule has 0 saturated carbocycles. The van der Waals surface area contributed by atoms with Gasteiger partial charge in [0, 0.05) is 29.7 Å². The van der Waals surface area contributed by atoms with E-state index in [0.29, 0.717) is 36.0 Å². The maximum atomic E-state index is 12.3. The molecule has 1 aliphatic rings. The lowest BCUT2D eigenvalue weighted by Crippen LogP contribution is -2.45. The van der Waals surface area contributed by atoms with Gasteiger partial charge in [0.25, 0.3) is 0 Å². The standard InChI is InChI=1S/C28H32Cl2N2O3S/c1-20(2)36(34,35)31-19-21-9-3-6-12-24(21)28(33)15-17-32(18-16-28)27(22-10-4-7-13-25(22)29)23-11-5-8-14-26(23)30/h3-14,20,27,31,33H,15-19H2,1-2H3. The Morgan fingerprint density at radius 3 is 1.92 bits per heavy atom. The van der Waals surface area contributed by atoms with Gasteiger partial charge in [-0.2, -0.15) is 0 Å². The van der Waals surface area contributed by atoms with Gasteiger partial charge in [-0.15, -0.1) is 0 Å². The maximum absolute atomic E-state index is 12.3. The minimum absolute atomic E-state index is 0.143. The Bertz CT molecular complexity index is 1260. The van der Waals surface area contributed by atoms with Gasteiger partial charge in [0.15, 0.2) is 0 Å². The van der Waals surface area contributed by atoms with Crippen molar-refractivity contribution in [1.82, 2.24) is 9.62 Å². The van der Waals surface area contributed by atoms with Crippen LogP contribution in [0.25, 0.3) is 0 Å². The van der Waals surface area contributed by atoms with E-state index in [2.05, 4.69) is 9.62 Å². The fourth-order valence-electron chi connectivity index (χ4n) is 4.85. The summed E-state index contributed by atoms with van der Waals surface area (Å²) in [4.78, 5) is 2.31. The second kappa shape index (κ2) is 11.2. The molecule has 192 valence electrons. The largest absolute Gasteiger partial charge is 0.385 e. The zero-order chi connectivity index (χ0) is 25.9. The van der Waals surface area contributed by atoms with Gasteiger partial charge in [-0.1, -0.05) is 83.9 Å². The molecular weight excluding hydrogens is 515 g/mol. The average molecular weight is 548 g/mol. The first-order valence-corrected chi connectivity index (χ1v) is 14.4. The van der Waals surface area contributed by atoms with Gasteiger partial charge in [0.05, 0.1) is 16.9 Å². The first kappa shape index (κ1) is 27.1. The van der Waals surface area contributed by atoms with Gasteiger partial charge in [-0.25, -0.2) is 13.1 Å². The number of nitrogens with one attached hydrogen (secondary N) is 1. The molecule has 1 heterocycles. The molecule has 0 aliphatic carbocycles. The van der Waals surface area contributed by atoms with Crippen molar-refractivity contribution in [2.75, 3.05) is 13.1 Å². The molecule has 0 unspecified atom stereocenters. The van der Waals surface area contributed by atoms with Crippen LogP contribution in [0.5, 0.6) is 0 Å². The minimum atomic E-state index is -3.42. The summed E-state index contributed by atoms with van der Waals surface area (Å²) in [6.45, 7) is 4.66. The molecule has 3 aromatic rings. The third kappa shape index (κ3) is 5.80. The molecular formula is C28H32Cl2N2O3S. The van der Waals surface area contributed by atoms with E-state index in [0.717, 1.165) is 22.3 Å². The summed E-state index contributed by atoms with van der Waals surface area (Å²) in [6, 6.07) is 23.0. The van der Waals surface area contributed by atoms with Crippen molar-refractivity contribution < 1.29 is 13.5 Å². The van der Waals surface area contributed by atoms with Crippen LogP contribution in [0.2, 0.25) is 10.0 Å². The number of halogens is 2. The van der Waals surface area contributed by atoms with Crippen molar-refractivity contribution in [1.29, 1.82) is 0 Å². The first-order chi connectivity index (χ1) is 17.1. The van der Waals surface area contributed by atoms with Crippen LogP contribution in [0.4, 0.5) is 0 Å². The molecule has 1 aliphatic heterocycles. The first-order valence-electron chi connectivity index (χ1n) is 12.1. The highest BCUT2D eigenvalue weighted by Crippen LogP contribution is 2.42. The molecule has 1 fully saturated rings. The van der Waals surface area contributed by atoms with Gasteiger partial charge in [0.1, 0.15) is 0 Å². The van der Waals surface area contributed by atoms with Crippen LogP contribution in [0, 0.1) is 0 Å². The summed E-state index contributed by atoms with van der Waals surface area (Å²) in [6.07, 6.45) is 0.985. The quantitative estimate of drug-likeness (QED) is 0.369. The van der Waals surface area contributed by atoms with Crippen LogP contribution < -0.4 is 4.72 Å². The number of hydrogen-bond donors (Lipinski definition) is 2. The molecule has 1 saturated heterocycles. The highest BCUT2D eigenvalue weighted by atomic mass is 35.5. The van der Waals surface area contributed by atoms with E-state index in [4.69, 9.17) is 23.2 Å². The van der Waals surface area contributed by atoms with Crippen LogP contribution in [-0.2, 0) is 22.2 Å². The second-order valence-electron chi connectivity index (χ2n) is 9.59. The van der Waals surface area contributed by atoms with Crippen molar-refractivity contribution in [2.24, 2.45) is 0 Å². The summed E-state index contributed by atoms with van der Waals surface area (Å²) in [5.74, 6) is 0. The lowest BCUT2D eigenvalue weighted by molar-refractivity contribution is -0.0331. The highest BCUT2D eigenvalue weighted by molar-refractivity contribution is 7.90. The van der Waals surface area contributed by atoms with Crippen LogP contribution in [0.1, 0.15) is 55.0 Å². The Hall–Kier alpha value is -1.93. The zero-order valence-electron chi connectivity index (χ0n) is 20.5. The predicted molar refractivity (Wildman–Crippen MR) is 147 cm³/mol. The Morgan fingerprint density at radius 1 is 0.889 bits per heavy atom. The fraction of sp³-hybridized carbons (Fsp3) is 0.357. The molecule has 3 aromatic carbocycles. The highest BCUT2D eigenvalue weighted by Gasteiger charge is 2.38. The van der Waals surface area contributed by atoms with Crippen molar-refractivity contribution >= 4 is 33.2 Å². The number of nitrogens with zero attached hydrogens (tertiary/aromatic N) is 1. The molecule has 8 heteroatoms. The van der Waals surface area contributed by atoms with Crippen molar-refractivity contribution in [3.05, 3.63) is 105 Å². The molecule has 36 heavy (non-hydrogen) atoms. The normalized spacial score (nSPS) is 16.5. The summed E-state index contributed by atoms with van der Waals surface area (Å²) < 4.78 is 27.3. The van der Waals surface area contributed by atoms with E-state index in [9.17, 15) is 13.5 Å². The molecule has 5 nitrogen and oxygen atoms in total. The van der Waals surface area contributed by atoms with E-state index >= 15 is 0 Å². The zero-order valence-corrected chi connectivity index (χ0v) is 22.8. The molecule has 0 atom stereocenters. The van der Waals surface area contributed by atoms with Crippen LogP contribution in [-0.4, -0.2) is 36.8 Å². The summed E-state index contributed by atoms with van der Waals surface area (Å²) in [5.41, 5.74) is 2.43. The molecule has 0 spiro atoms. The number of sulfonamides is 1. The van der Waals surface area contributed by atoms with Gasteiger partial charge in [-0.05, 0) is 61.1 Å². The summed E-state index contributed by atoms with van der Waals surface area (Å²) in [5, 5.41) is 12.6. The number of rotatable bonds is 8. The fourth-order valence-corrected chi connectivity index (χ4v) is 6.02. The number of hydrogen-bond acceptors (Lipinski definition) is 4. The molecule has 4 rings (SSSR count). The SMILES string of the molecule is CC(C)S(=O)(=O)NCc1ccccc1C1(O)CCN(C(c2ccccc2Cl)c2ccccc2Cl)CC1. The Kier molecular flexibility index (Phi) is 8.45. The van der Waals surface area contributed by atoms with Crippen LogP contribution >= 0.6 is 23.2 Å². The Balaban J connectivity index is 1.60. The average Bonchev–Trinajstić information content (AvgIpc) is 2.86. The second-order valence-corrected chi connectivity index (χ2v) is 12.7. The molecule has 0 radical (unpaired) electrons. The molecule has 0 bridgehead atoms. The molecule has 2 N–H and O–H groups in total. The van der Waals surface area contributed by atoms with Gasteiger partial charge in [-0.3, -0.25) is 4.90 Å². The number of benzene rings is 3.